The van der Waals surface area contributed by atoms with E-state index in [1.165, 1.54) is 0 Å². The molecule has 2 heterocycles. The van der Waals surface area contributed by atoms with Crippen molar-refractivity contribution >= 4 is 23.4 Å². The third-order valence-electron chi connectivity index (χ3n) is 2.93. The predicted molar refractivity (Wildman–Crippen MR) is 85.3 cm³/mol. The van der Waals surface area contributed by atoms with Gasteiger partial charge in [-0.3, -0.25) is 9.89 Å². The second-order valence-electron chi connectivity index (χ2n) is 4.66. The molecule has 6 nitrogen and oxygen atoms in total. The molecule has 24 heavy (non-hydrogen) atoms. The summed E-state index contributed by atoms with van der Waals surface area (Å²) in [5.41, 5.74) is 0.615. The summed E-state index contributed by atoms with van der Waals surface area (Å²) in [6, 6.07) is 9.94. The number of H-pyrrole nitrogens is 1. The number of thioether (sulfide) groups is 1. The summed E-state index contributed by atoms with van der Waals surface area (Å²) in [5, 5.41) is 9.37. The van der Waals surface area contributed by atoms with Gasteiger partial charge in [-0.15, -0.1) is 5.10 Å². The Morgan fingerprint density at radius 2 is 2.04 bits per heavy atom. The number of hydrogen-bond acceptors (Lipinski definition) is 5. The van der Waals surface area contributed by atoms with Crippen molar-refractivity contribution in [1.29, 1.82) is 0 Å². The second kappa shape index (κ2) is 7.18. The molecule has 3 aromatic rings. The Kier molecular flexibility index (Phi) is 4.80. The number of aromatic nitrogens is 4. The Morgan fingerprint density at radius 1 is 1.25 bits per heavy atom. The zero-order chi connectivity index (χ0) is 16.9. The number of nitrogens with zero attached hydrogens (tertiary/aromatic N) is 3. The highest BCUT2D eigenvalue weighted by Crippen LogP contribution is 2.22. The summed E-state index contributed by atoms with van der Waals surface area (Å²) < 4.78 is 26.7. The van der Waals surface area contributed by atoms with Crippen LogP contribution < -0.4 is 5.32 Å². The molecule has 0 fully saturated rings. The Balaban J connectivity index is 1.62. The fourth-order valence-electron chi connectivity index (χ4n) is 1.87. The van der Waals surface area contributed by atoms with Crippen molar-refractivity contribution in [3.8, 4) is 11.4 Å². The third-order valence-corrected chi connectivity index (χ3v) is 3.78. The standard InChI is InChI=1S/C15H11F2N5OS/c16-11-7-18-12(17)6-10(11)14-20-15(22-21-14)24-8-13(23)19-9-4-2-1-3-5-9/h1-7H,8H2,(H,19,23)(H,20,21,22). The zero-order valence-electron chi connectivity index (χ0n) is 12.2. The third kappa shape index (κ3) is 3.93. The van der Waals surface area contributed by atoms with E-state index in [0.29, 0.717) is 5.69 Å². The van der Waals surface area contributed by atoms with Gasteiger partial charge in [0.1, 0.15) is 0 Å². The number of rotatable bonds is 5. The number of aromatic amines is 1. The SMILES string of the molecule is O=C(CSc1n[nH]c(-c2cc(F)ncc2F)n1)Nc1ccccc1. The summed E-state index contributed by atoms with van der Waals surface area (Å²) >= 11 is 1.08. The molecular formula is C15H11F2N5OS. The first-order chi connectivity index (χ1) is 11.6. The molecule has 0 radical (unpaired) electrons. The molecule has 0 spiro atoms. The van der Waals surface area contributed by atoms with Gasteiger partial charge in [0.25, 0.3) is 0 Å². The van der Waals surface area contributed by atoms with Crippen molar-refractivity contribution < 1.29 is 13.6 Å². The summed E-state index contributed by atoms with van der Waals surface area (Å²) in [4.78, 5) is 19.1. The topological polar surface area (TPSA) is 83.6 Å². The molecule has 0 aliphatic carbocycles. The first-order valence-electron chi connectivity index (χ1n) is 6.83. The lowest BCUT2D eigenvalue weighted by Crippen LogP contribution is -2.13. The largest absolute Gasteiger partial charge is 0.325 e. The molecule has 9 heteroatoms. The number of halogens is 2. The van der Waals surface area contributed by atoms with Crippen LogP contribution >= 0.6 is 11.8 Å². The molecule has 122 valence electrons. The molecule has 3 rings (SSSR count). The normalized spacial score (nSPS) is 10.6. The molecule has 1 aromatic carbocycles. The van der Waals surface area contributed by atoms with E-state index in [9.17, 15) is 13.6 Å². The van der Waals surface area contributed by atoms with Crippen LogP contribution in [0.4, 0.5) is 14.5 Å². The maximum absolute atomic E-state index is 13.6. The summed E-state index contributed by atoms with van der Waals surface area (Å²) in [6.45, 7) is 0. The number of amides is 1. The minimum Gasteiger partial charge on any atom is -0.325 e. The van der Waals surface area contributed by atoms with Crippen molar-refractivity contribution in [2.75, 3.05) is 11.1 Å². The minimum atomic E-state index is -0.820. The van der Waals surface area contributed by atoms with Crippen molar-refractivity contribution in [3.05, 3.63) is 54.4 Å². The van der Waals surface area contributed by atoms with Gasteiger partial charge in [0.2, 0.25) is 17.0 Å². The monoisotopic (exact) mass is 347 g/mol. The lowest BCUT2D eigenvalue weighted by molar-refractivity contribution is -0.113. The molecule has 0 aliphatic rings. The van der Waals surface area contributed by atoms with Crippen LogP contribution in [0.15, 0.2) is 47.8 Å². The smallest absolute Gasteiger partial charge is 0.234 e. The number of nitrogens with one attached hydrogen (secondary N) is 2. The predicted octanol–water partition coefficient (Wildman–Crippen LogP) is 2.88. The van der Waals surface area contributed by atoms with E-state index in [2.05, 4.69) is 25.5 Å². The van der Waals surface area contributed by atoms with E-state index in [4.69, 9.17) is 0 Å². The zero-order valence-corrected chi connectivity index (χ0v) is 13.0. The van der Waals surface area contributed by atoms with Crippen molar-refractivity contribution in [3.63, 3.8) is 0 Å². The van der Waals surface area contributed by atoms with E-state index >= 15 is 0 Å². The number of pyridine rings is 1. The van der Waals surface area contributed by atoms with Gasteiger partial charge in [-0.1, -0.05) is 30.0 Å². The summed E-state index contributed by atoms with van der Waals surface area (Å²) in [6.07, 6.45) is 0.771. The van der Waals surface area contributed by atoms with E-state index in [0.717, 1.165) is 24.0 Å². The van der Waals surface area contributed by atoms with Gasteiger partial charge >= 0.3 is 0 Å². The van der Waals surface area contributed by atoms with Gasteiger partial charge in [0.15, 0.2) is 11.6 Å². The second-order valence-corrected chi connectivity index (χ2v) is 5.60. The van der Waals surface area contributed by atoms with E-state index in [-0.39, 0.29) is 28.2 Å². The first-order valence-corrected chi connectivity index (χ1v) is 7.82. The number of anilines is 1. The van der Waals surface area contributed by atoms with Crippen molar-refractivity contribution in [2.45, 2.75) is 5.16 Å². The lowest BCUT2D eigenvalue weighted by Gasteiger charge is -2.02. The Hall–Kier alpha value is -2.81. The van der Waals surface area contributed by atoms with Gasteiger partial charge in [-0.2, -0.15) is 4.39 Å². The fourth-order valence-corrected chi connectivity index (χ4v) is 2.47. The van der Waals surface area contributed by atoms with Gasteiger partial charge in [-0.05, 0) is 12.1 Å². The van der Waals surface area contributed by atoms with Crippen LogP contribution in [-0.2, 0) is 4.79 Å². The molecular weight excluding hydrogens is 336 g/mol. The highest BCUT2D eigenvalue weighted by Gasteiger charge is 2.13. The average Bonchev–Trinajstić information content (AvgIpc) is 3.05. The van der Waals surface area contributed by atoms with Gasteiger partial charge in [0.05, 0.1) is 17.5 Å². The average molecular weight is 347 g/mol. The quantitative estimate of drug-likeness (QED) is 0.548. The Bertz CT molecular complexity index is 856. The Labute approximate surface area is 139 Å². The maximum atomic E-state index is 13.6. The number of benzene rings is 1. The molecule has 1 amide bonds. The van der Waals surface area contributed by atoms with Crippen molar-refractivity contribution in [1.82, 2.24) is 20.2 Å². The molecule has 2 N–H and O–H groups in total. The number of carbonyl (C=O) groups excluding carboxylic acids is 1. The van der Waals surface area contributed by atoms with Crippen LogP contribution in [0.25, 0.3) is 11.4 Å². The van der Waals surface area contributed by atoms with Crippen molar-refractivity contribution in [2.24, 2.45) is 0 Å². The minimum absolute atomic E-state index is 0.0692. The molecule has 0 saturated heterocycles. The Morgan fingerprint density at radius 3 is 2.83 bits per heavy atom. The highest BCUT2D eigenvalue weighted by molar-refractivity contribution is 7.99. The van der Waals surface area contributed by atoms with Crippen LogP contribution in [0.2, 0.25) is 0 Å². The maximum Gasteiger partial charge on any atom is 0.234 e. The lowest BCUT2D eigenvalue weighted by atomic mass is 10.2. The molecule has 0 bridgehead atoms. The van der Waals surface area contributed by atoms with E-state index < -0.39 is 11.8 Å². The summed E-state index contributed by atoms with van der Waals surface area (Å²) in [5.74, 6) is -1.61. The van der Waals surface area contributed by atoms with E-state index in [1.807, 2.05) is 18.2 Å². The highest BCUT2D eigenvalue weighted by atomic mass is 32.2. The van der Waals surface area contributed by atoms with Gasteiger partial charge < -0.3 is 5.32 Å². The molecule has 0 saturated carbocycles. The van der Waals surface area contributed by atoms with Crippen LogP contribution in [0.3, 0.4) is 0 Å². The van der Waals surface area contributed by atoms with Gasteiger partial charge in [-0.25, -0.2) is 14.4 Å². The summed E-state index contributed by atoms with van der Waals surface area (Å²) in [7, 11) is 0. The van der Waals surface area contributed by atoms with Crippen LogP contribution in [-0.4, -0.2) is 31.8 Å². The molecule has 0 unspecified atom stereocenters. The fraction of sp³-hybridized carbons (Fsp3) is 0.0667. The molecule has 0 aliphatic heterocycles. The number of hydrogen-bond donors (Lipinski definition) is 2. The number of para-hydroxylation sites is 1. The number of carbonyl (C=O) groups is 1. The van der Waals surface area contributed by atoms with Gasteiger partial charge in [0, 0.05) is 11.8 Å². The molecule has 2 aromatic heterocycles. The van der Waals surface area contributed by atoms with Crippen LogP contribution in [0.5, 0.6) is 0 Å². The van der Waals surface area contributed by atoms with Crippen LogP contribution in [0.1, 0.15) is 0 Å². The molecule has 0 atom stereocenters. The first kappa shape index (κ1) is 16.1. The van der Waals surface area contributed by atoms with Crippen LogP contribution in [0, 0.1) is 11.8 Å². The van der Waals surface area contributed by atoms with E-state index in [1.54, 1.807) is 12.1 Å².